The van der Waals surface area contributed by atoms with E-state index in [0.29, 0.717) is 0 Å². The van der Waals surface area contributed by atoms with Crippen molar-refractivity contribution >= 4 is 0 Å². The first-order chi connectivity index (χ1) is 9.78. The van der Waals surface area contributed by atoms with Crippen LogP contribution in [0.1, 0.15) is 17.2 Å². The molecule has 0 radical (unpaired) electrons. The van der Waals surface area contributed by atoms with Gasteiger partial charge >= 0.3 is 6.36 Å². The molecule has 2 aromatic carbocycles. The number of alkyl halides is 3. The smallest absolute Gasteiger partial charge is 0.406 e. The van der Waals surface area contributed by atoms with Crippen molar-refractivity contribution in [2.45, 2.75) is 12.5 Å². The predicted octanol–water partition coefficient (Wildman–Crippen LogP) is 3.95. The molecule has 0 bridgehead atoms. The van der Waals surface area contributed by atoms with Gasteiger partial charge in [-0.05, 0) is 29.8 Å². The van der Waals surface area contributed by atoms with Gasteiger partial charge in [-0.25, -0.2) is 8.78 Å². The summed E-state index contributed by atoms with van der Waals surface area (Å²) in [7, 11) is 0. The highest BCUT2D eigenvalue weighted by atomic mass is 19.4. The van der Waals surface area contributed by atoms with Gasteiger partial charge in [0.15, 0.2) is 0 Å². The molecule has 21 heavy (non-hydrogen) atoms. The van der Waals surface area contributed by atoms with Crippen LogP contribution in [-0.2, 0) is 0 Å². The number of ether oxygens (including phenoxy) is 1. The molecule has 2 nitrogen and oxygen atoms in total. The summed E-state index contributed by atoms with van der Waals surface area (Å²) in [4.78, 5) is 0. The van der Waals surface area contributed by atoms with Crippen LogP contribution in [0, 0.1) is 11.6 Å². The summed E-state index contributed by atoms with van der Waals surface area (Å²) in [6, 6.07) is 7.18. The van der Waals surface area contributed by atoms with Gasteiger partial charge in [0.05, 0.1) is 5.56 Å². The first-order valence-electron chi connectivity index (χ1n) is 5.75. The van der Waals surface area contributed by atoms with Crippen molar-refractivity contribution in [2.24, 2.45) is 0 Å². The third-order valence-corrected chi connectivity index (χ3v) is 2.70. The van der Waals surface area contributed by atoms with E-state index in [1.54, 1.807) is 0 Å². The van der Waals surface area contributed by atoms with Gasteiger partial charge in [-0.1, -0.05) is 18.2 Å². The average molecular weight is 304 g/mol. The predicted molar refractivity (Wildman–Crippen MR) is 63.5 cm³/mol. The third kappa shape index (κ3) is 3.69. The van der Waals surface area contributed by atoms with E-state index in [1.807, 2.05) is 0 Å². The molecular formula is C14H9F5O2. The van der Waals surface area contributed by atoms with E-state index in [2.05, 4.69) is 4.74 Å². The van der Waals surface area contributed by atoms with Crippen LogP contribution in [0.5, 0.6) is 5.75 Å². The lowest BCUT2D eigenvalue weighted by molar-refractivity contribution is -0.274. The summed E-state index contributed by atoms with van der Waals surface area (Å²) in [5.74, 6) is -2.39. The zero-order chi connectivity index (χ0) is 15.6. The Kier molecular flexibility index (Phi) is 4.13. The maximum Gasteiger partial charge on any atom is 0.573 e. The summed E-state index contributed by atoms with van der Waals surface area (Å²) in [6.07, 6.45) is -6.47. The molecule has 2 rings (SSSR count). The Labute approximate surface area is 116 Å². The number of benzene rings is 2. The second-order valence-corrected chi connectivity index (χ2v) is 4.15. The minimum absolute atomic E-state index is 0.0357. The third-order valence-electron chi connectivity index (χ3n) is 2.70. The molecule has 0 amide bonds. The van der Waals surface area contributed by atoms with Crippen molar-refractivity contribution in [2.75, 3.05) is 0 Å². The Balaban J connectivity index is 2.26. The largest absolute Gasteiger partial charge is 0.573 e. The molecule has 0 aliphatic heterocycles. The fourth-order valence-corrected chi connectivity index (χ4v) is 1.79. The molecule has 112 valence electrons. The van der Waals surface area contributed by atoms with Crippen LogP contribution < -0.4 is 4.74 Å². The van der Waals surface area contributed by atoms with Gasteiger partial charge < -0.3 is 9.84 Å². The van der Waals surface area contributed by atoms with Gasteiger partial charge in [0, 0.05) is 0 Å². The SMILES string of the molecule is OC(c1ccc(OC(F)(F)F)cc1)c1c(F)cccc1F. The molecule has 1 atom stereocenters. The Morgan fingerprint density at radius 1 is 0.905 bits per heavy atom. The van der Waals surface area contributed by atoms with Crippen molar-refractivity contribution in [3.05, 3.63) is 65.2 Å². The topological polar surface area (TPSA) is 29.5 Å². The summed E-state index contributed by atoms with van der Waals surface area (Å²) < 4.78 is 66.7. The van der Waals surface area contributed by atoms with Crippen molar-refractivity contribution in [1.29, 1.82) is 0 Å². The molecule has 0 fully saturated rings. The van der Waals surface area contributed by atoms with Crippen LogP contribution in [0.15, 0.2) is 42.5 Å². The minimum Gasteiger partial charge on any atom is -0.406 e. The van der Waals surface area contributed by atoms with E-state index in [1.165, 1.54) is 0 Å². The Morgan fingerprint density at radius 2 is 1.43 bits per heavy atom. The van der Waals surface area contributed by atoms with Gasteiger partial charge in [-0.15, -0.1) is 13.2 Å². The molecule has 0 saturated carbocycles. The number of hydrogen-bond donors (Lipinski definition) is 1. The fourth-order valence-electron chi connectivity index (χ4n) is 1.79. The molecular weight excluding hydrogens is 295 g/mol. The maximum absolute atomic E-state index is 13.5. The summed E-state index contributed by atoms with van der Waals surface area (Å²) in [5, 5.41) is 9.93. The standard InChI is InChI=1S/C14H9F5O2/c15-10-2-1-3-11(16)12(10)13(20)8-4-6-9(7-5-8)21-14(17,18)19/h1-7,13,20H. The molecule has 7 heteroatoms. The minimum atomic E-state index is -4.84. The highest BCUT2D eigenvalue weighted by Gasteiger charge is 2.31. The van der Waals surface area contributed by atoms with Crippen LogP contribution in [-0.4, -0.2) is 11.5 Å². The normalized spacial score (nSPS) is 13.0. The average Bonchev–Trinajstić information content (AvgIpc) is 2.37. The van der Waals surface area contributed by atoms with Gasteiger partial charge in [-0.2, -0.15) is 0 Å². The van der Waals surface area contributed by atoms with Crippen LogP contribution >= 0.6 is 0 Å². The van der Waals surface area contributed by atoms with Crippen LogP contribution in [0.4, 0.5) is 22.0 Å². The second-order valence-electron chi connectivity index (χ2n) is 4.15. The van der Waals surface area contributed by atoms with Crippen LogP contribution in [0.25, 0.3) is 0 Å². The molecule has 1 unspecified atom stereocenters. The first kappa shape index (κ1) is 15.2. The molecule has 1 N–H and O–H groups in total. The van der Waals surface area contributed by atoms with E-state index < -0.39 is 35.4 Å². The first-order valence-corrected chi connectivity index (χ1v) is 5.75. The number of hydrogen-bond acceptors (Lipinski definition) is 2. The molecule has 0 aliphatic rings. The number of aliphatic hydroxyl groups is 1. The van der Waals surface area contributed by atoms with Gasteiger partial charge in [-0.3, -0.25) is 0 Å². The molecule has 0 heterocycles. The monoisotopic (exact) mass is 304 g/mol. The van der Waals surface area contributed by atoms with Crippen molar-refractivity contribution < 1.29 is 31.8 Å². The van der Waals surface area contributed by atoms with Gasteiger partial charge in [0.2, 0.25) is 0 Å². The van der Waals surface area contributed by atoms with E-state index in [-0.39, 0.29) is 5.56 Å². The molecule has 0 aromatic heterocycles. The highest BCUT2D eigenvalue weighted by molar-refractivity contribution is 5.35. The summed E-state index contributed by atoms with van der Waals surface area (Å²) in [6.45, 7) is 0. The van der Waals surface area contributed by atoms with Crippen molar-refractivity contribution in [1.82, 2.24) is 0 Å². The van der Waals surface area contributed by atoms with Crippen LogP contribution in [0.2, 0.25) is 0 Å². The highest BCUT2D eigenvalue weighted by Crippen LogP contribution is 2.29. The van der Waals surface area contributed by atoms with E-state index in [9.17, 15) is 27.1 Å². The van der Waals surface area contributed by atoms with Gasteiger partial charge in [0.1, 0.15) is 23.5 Å². The quantitative estimate of drug-likeness (QED) is 0.870. The lowest BCUT2D eigenvalue weighted by Gasteiger charge is -2.14. The zero-order valence-electron chi connectivity index (χ0n) is 10.4. The van der Waals surface area contributed by atoms with Crippen molar-refractivity contribution in [3.63, 3.8) is 0 Å². The molecule has 0 spiro atoms. The number of rotatable bonds is 3. The Hall–Kier alpha value is -2.15. The lowest BCUT2D eigenvalue weighted by Crippen LogP contribution is -2.17. The van der Waals surface area contributed by atoms with E-state index >= 15 is 0 Å². The lowest BCUT2D eigenvalue weighted by atomic mass is 10.0. The Morgan fingerprint density at radius 3 is 1.90 bits per heavy atom. The Bertz CT molecular complexity index is 602. The summed E-state index contributed by atoms with van der Waals surface area (Å²) in [5.41, 5.74) is -0.532. The van der Waals surface area contributed by atoms with Crippen LogP contribution in [0.3, 0.4) is 0 Å². The molecule has 0 saturated heterocycles. The number of aliphatic hydroxyl groups excluding tert-OH is 1. The van der Waals surface area contributed by atoms with E-state index in [0.717, 1.165) is 42.5 Å². The maximum atomic E-state index is 13.5. The molecule has 2 aromatic rings. The number of halogens is 5. The van der Waals surface area contributed by atoms with Gasteiger partial charge in [0.25, 0.3) is 0 Å². The fraction of sp³-hybridized carbons (Fsp3) is 0.143. The van der Waals surface area contributed by atoms with Crippen molar-refractivity contribution in [3.8, 4) is 5.75 Å². The molecule has 0 aliphatic carbocycles. The van der Waals surface area contributed by atoms with E-state index in [4.69, 9.17) is 0 Å². The zero-order valence-corrected chi connectivity index (χ0v) is 10.4. The second kappa shape index (κ2) is 5.69. The summed E-state index contributed by atoms with van der Waals surface area (Å²) >= 11 is 0.